The maximum Gasteiger partial charge on any atom is 0.310 e. The molecule has 0 unspecified atom stereocenters. The van der Waals surface area contributed by atoms with Crippen LogP contribution in [0.4, 0.5) is 0 Å². The molecule has 1 atom stereocenters. The van der Waals surface area contributed by atoms with Gasteiger partial charge in [-0.15, -0.1) is 0 Å². The molecule has 1 aromatic heterocycles. The quantitative estimate of drug-likeness (QED) is 0.677. The van der Waals surface area contributed by atoms with Crippen LogP contribution in [-0.4, -0.2) is 24.0 Å². The number of ether oxygens (including phenoxy) is 1. The molecule has 0 aliphatic carbocycles. The molecule has 1 saturated heterocycles. The van der Waals surface area contributed by atoms with Gasteiger partial charge in [-0.25, -0.2) is 4.98 Å². The van der Waals surface area contributed by atoms with Gasteiger partial charge in [-0.05, 0) is 30.7 Å². The van der Waals surface area contributed by atoms with E-state index < -0.39 is 0 Å². The lowest BCUT2D eigenvalue weighted by Crippen LogP contribution is -2.20. The second-order valence-corrected chi connectivity index (χ2v) is 4.69. The molecule has 0 radical (unpaired) electrons. The molecule has 17 heavy (non-hydrogen) atoms. The second-order valence-electron chi connectivity index (χ2n) is 3.92. The van der Waals surface area contributed by atoms with Gasteiger partial charge in [0.05, 0.1) is 5.92 Å². The van der Waals surface area contributed by atoms with Crippen molar-refractivity contribution in [2.24, 2.45) is 5.92 Å². The summed E-state index contributed by atoms with van der Waals surface area (Å²) in [4.78, 5) is 15.5. The Bertz CT molecular complexity index is 400. The molecule has 1 N–H and O–H groups in total. The van der Waals surface area contributed by atoms with E-state index in [4.69, 9.17) is 27.9 Å². The molecule has 0 saturated carbocycles. The number of nitrogens with zero attached hydrogens (tertiary/aromatic N) is 1. The van der Waals surface area contributed by atoms with Crippen molar-refractivity contribution in [1.29, 1.82) is 0 Å². The Balaban J connectivity index is 1.90. The maximum atomic E-state index is 11.6. The van der Waals surface area contributed by atoms with Crippen LogP contribution in [0.2, 0.25) is 10.3 Å². The van der Waals surface area contributed by atoms with Crippen molar-refractivity contribution in [2.45, 2.75) is 13.0 Å². The van der Waals surface area contributed by atoms with Crippen molar-refractivity contribution in [3.63, 3.8) is 0 Å². The molecule has 0 amide bonds. The third-order valence-corrected chi connectivity index (χ3v) is 2.98. The van der Waals surface area contributed by atoms with Gasteiger partial charge in [-0.1, -0.05) is 23.2 Å². The number of carbonyl (C=O) groups is 1. The van der Waals surface area contributed by atoms with E-state index >= 15 is 0 Å². The normalized spacial score (nSPS) is 19.3. The first-order valence-corrected chi connectivity index (χ1v) is 6.10. The minimum Gasteiger partial charge on any atom is -0.461 e. The molecule has 2 rings (SSSR count). The van der Waals surface area contributed by atoms with Crippen LogP contribution in [0.5, 0.6) is 0 Å². The van der Waals surface area contributed by atoms with E-state index in [1.165, 1.54) is 0 Å². The van der Waals surface area contributed by atoms with Crippen LogP contribution >= 0.6 is 23.2 Å². The zero-order valence-corrected chi connectivity index (χ0v) is 10.6. The number of hydrogen-bond donors (Lipinski definition) is 1. The van der Waals surface area contributed by atoms with Gasteiger partial charge in [0.2, 0.25) is 0 Å². The third-order valence-electron chi connectivity index (χ3n) is 2.60. The van der Waals surface area contributed by atoms with Crippen LogP contribution in [0.1, 0.15) is 12.0 Å². The summed E-state index contributed by atoms with van der Waals surface area (Å²) in [6.07, 6.45) is 0.830. The molecule has 0 spiro atoms. The van der Waals surface area contributed by atoms with Gasteiger partial charge in [-0.3, -0.25) is 4.79 Å². The van der Waals surface area contributed by atoms with Gasteiger partial charge in [0.15, 0.2) is 0 Å². The van der Waals surface area contributed by atoms with E-state index in [1.54, 1.807) is 12.1 Å². The van der Waals surface area contributed by atoms with Crippen LogP contribution in [0, 0.1) is 5.92 Å². The lowest BCUT2D eigenvalue weighted by molar-refractivity contribution is -0.149. The molecule has 1 fully saturated rings. The number of carbonyl (C=O) groups excluding carboxylic acids is 1. The van der Waals surface area contributed by atoms with Crippen LogP contribution in [0.15, 0.2) is 12.1 Å². The van der Waals surface area contributed by atoms with Gasteiger partial charge in [0, 0.05) is 6.54 Å². The van der Waals surface area contributed by atoms with Crippen molar-refractivity contribution in [3.05, 3.63) is 28.0 Å². The third kappa shape index (κ3) is 3.56. The van der Waals surface area contributed by atoms with Crippen molar-refractivity contribution >= 4 is 29.2 Å². The molecular formula is C11H12Cl2N2O2. The van der Waals surface area contributed by atoms with Crippen molar-refractivity contribution in [2.75, 3.05) is 13.1 Å². The Morgan fingerprint density at radius 2 is 2.18 bits per heavy atom. The first-order chi connectivity index (χ1) is 8.15. The first-order valence-electron chi connectivity index (χ1n) is 5.34. The summed E-state index contributed by atoms with van der Waals surface area (Å²) in [5.74, 6) is -0.221. The fourth-order valence-corrected chi connectivity index (χ4v) is 2.23. The molecule has 2 heterocycles. The van der Waals surface area contributed by atoms with Gasteiger partial charge in [0.25, 0.3) is 0 Å². The minimum absolute atomic E-state index is 0.0391. The average Bonchev–Trinajstić information content (AvgIpc) is 2.78. The predicted octanol–water partition coefficient (Wildman–Crippen LogP) is 2.04. The minimum atomic E-state index is -0.181. The zero-order chi connectivity index (χ0) is 12.3. The van der Waals surface area contributed by atoms with E-state index in [9.17, 15) is 4.79 Å². The molecule has 1 aliphatic rings. The predicted molar refractivity (Wildman–Crippen MR) is 65.0 cm³/mol. The topological polar surface area (TPSA) is 51.2 Å². The molecule has 0 aromatic carbocycles. The number of nitrogens with one attached hydrogen (secondary N) is 1. The van der Waals surface area contributed by atoms with Crippen molar-refractivity contribution in [1.82, 2.24) is 10.3 Å². The summed E-state index contributed by atoms with van der Waals surface area (Å²) < 4.78 is 5.20. The smallest absolute Gasteiger partial charge is 0.310 e. The molecule has 1 aromatic rings. The highest BCUT2D eigenvalue weighted by Crippen LogP contribution is 2.16. The fourth-order valence-electron chi connectivity index (χ4n) is 1.73. The molecule has 1 aliphatic heterocycles. The van der Waals surface area contributed by atoms with Gasteiger partial charge in [0.1, 0.15) is 16.9 Å². The molecule has 6 heteroatoms. The van der Waals surface area contributed by atoms with Crippen molar-refractivity contribution in [3.8, 4) is 0 Å². The van der Waals surface area contributed by atoms with E-state index in [2.05, 4.69) is 10.3 Å². The maximum absolute atomic E-state index is 11.6. The first kappa shape index (κ1) is 12.6. The SMILES string of the molecule is O=C(OCc1cc(Cl)nc(Cl)c1)[C@@H]1CCNC1. The Hall–Kier alpha value is -0.840. The molecule has 4 nitrogen and oxygen atoms in total. The van der Waals surface area contributed by atoms with Crippen LogP contribution in [-0.2, 0) is 16.1 Å². The monoisotopic (exact) mass is 274 g/mol. The Labute approximate surface area is 109 Å². The molecular weight excluding hydrogens is 263 g/mol. The van der Waals surface area contributed by atoms with Crippen LogP contribution < -0.4 is 5.32 Å². The molecule has 0 bridgehead atoms. The number of pyridine rings is 1. The number of aromatic nitrogens is 1. The van der Waals surface area contributed by atoms with Crippen molar-refractivity contribution < 1.29 is 9.53 Å². The number of halogens is 2. The lowest BCUT2D eigenvalue weighted by atomic mass is 10.1. The summed E-state index contributed by atoms with van der Waals surface area (Å²) in [5.41, 5.74) is 0.745. The highest BCUT2D eigenvalue weighted by Gasteiger charge is 2.23. The summed E-state index contributed by atoms with van der Waals surface area (Å²) >= 11 is 11.5. The Morgan fingerprint density at radius 3 is 2.76 bits per heavy atom. The number of esters is 1. The van der Waals surface area contributed by atoms with E-state index in [0.717, 1.165) is 18.5 Å². The summed E-state index contributed by atoms with van der Waals surface area (Å²) in [6.45, 7) is 1.74. The molecule has 92 valence electrons. The van der Waals surface area contributed by atoms with Crippen LogP contribution in [0.25, 0.3) is 0 Å². The Kier molecular flexibility index (Phi) is 4.20. The fraction of sp³-hybridized carbons (Fsp3) is 0.455. The number of hydrogen-bond acceptors (Lipinski definition) is 4. The van der Waals surface area contributed by atoms with Gasteiger partial charge in [-0.2, -0.15) is 0 Å². The zero-order valence-electron chi connectivity index (χ0n) is 9.08. The van der Waals surface area contributed by atoms with Crippen LogP contribution in [0.3, 0.4) is 0 Å². The van der Waals surface area contributed by atoms with E-state index in [1.807, 2.05) is 0 Å². The number of rotatable bonds is 3. The average molecular weight is 275 g/mol. The van der Waals surface area contributed by atoms with Gasteiger partial charge >= 0.3 is 5.97 Å². The largest absolute Gasteiger partial charge is 0.461 e. The van der Waals surface area contributed by atoms with Gasteiger partial charge < -0.3 is 10.1 Å². The summed E-state index contributed by atoms with van der Waals surface area (Å²) in [5, 5.41) is 3.71. The second kappa shape index (κ2) is 5.67. The summed E-state index contributed by atoms with van der Waals surface area (Å²) in [7, 11) is 0. The highest BCUT2D eigenvalue weighted by molar-refractivity contribution is 6.32. The standard InChI is InChI=1S/C11H12Cl2N2O2/c12-9-3-7(4-10(13)15-9)6-17-11(16)8-1-2-14-5-8/h3-4,8,14H,1-2,5-6H2/t8-/m1/s1. The van der Waals surface area contributed by atoms with E-state index in [0.29, 0.717) is 16.9 Å². The highest BCUT2D eigenvalue weighted by atomic mass is 35.5. The summed E-state index contributed by atoms with van der Waals surface area (Å²) in [6, 6.07) is 3.27. The Morgan fingerprint density at radius 1 is 1.47 bits per heavy atom. The van der Waals surface area contributed by atoms with E-state index in [-0.39, 0.29) is 18.5 Å². The lowest BCUT2D eigenvalue weighted by Gasteiger charge is -2.09.